The van der Waals surface area contributed by atoms with Crippen LogP contribution >= 0.6 is 11.3 Å². The number of hydrogen-bond acceptors (Lipinski definition) is 2. The highest BCUT2D eigenvalue weighted by atomic mass is 32.1. The van der Waals surface area contributed by atoms with Crippen LogP contribution in [-0.4, -0.2) is 26.1 Å². The van der Waals surface area contributed by atoms with E-state index in [1.165, 1.54) is 36.9 Å². The number of nitrogens with zero attached hydrogens (tertiary/aromatic N) is 1. The second-order valence-corrected chi connectivity index (χ2v) is 15.9. The quantitative estimate of drug-likeness (QED) is 0.439. The van der Waals surface area contributed by atoms with E-state index in [1.54, 1.807) is 14.8 Å². The molecule has 0 amide bonds. The van der Waals surface area contributed by atoms with Gasteiger partial charge in [0.2, 0.25) is 0 Å². The first-order valence-corrected chi connectivity index (χ1v) is 15.1. The molecule has 3 aromatic rings. The fourth-order valence-electron chi connectivity index (χ4n) is 4.66. The van der Waals surface area contributed by atoms with Crippen LogP contribution in [0, 0.1) is 5.92 Å². The van der Waals surface area contributed by atoms with Crippen LogP contribution in [0.25, 0.3) is 10.1 Å². The van der Waals surface area contributed by atoms with E-state index in [-0.39, 0.29) is 0 Å². The largest absolute Gasteiger partial charge is 0.299 e. The molecule has 0 aliphatic carbocycles. The van der Waals surface area contributed by atoms with E-state index in [2.05, 4.69) is 97.4 Å². The Morgan fingerprint density at radius 3 is 2.54 bits per heavy atom. The van der Waals surface area contributed by atoms with Gasteiger partial charge in [0.05, 0.1) is 8.07 Å². The summed E-state index contributed by atoms with van der Waals surface area (Å²) in [5.74, 6) is 1.45. The third-order valence-corrected chi connectivity index (χ3v) is 11.1. The van der Waals surface area contributed by atoms with Gasteiger partial charge in [0.15, 0.2) is 0 Å². The Morgan fingerprint density at radius 1 is 1.04 bits per heavy atom. The zero-order chi connectivity index (χ0) is 19.7. The number of piperidine rings is 1. The highest BCUT2D eigenvalue weighted by Gasteiger charge is 2.31. The van der Waals surface area contributed by atoms with Crippen LogP contribution in [0.1, 0.15) is 36.8 Å². The molecule has 2 heterocycles. The molecule has 3 heteroatoms. The summed E-state index contributed by atoms with van der Waals surface area (Å²) < 4.78 is 3.21. The molecule has 1 fully saturated rings. The minimum absolute atomic E-state index is 0.703. The highest BCUT2D eigenvalue weighted by molar-refractivity contribution is 7.31. The second-order valence-electron chi connectivity index (χ2n) is 9.41. The molecule has 1 aliphatic heterocycles. The van der Waals surface area contributed by atoms with Crippen molar-refractivity contribution in [2.75, 3.05) is 13.1 Å². The Hall–Kier alpha value is -1.42. The highest BCUT2D eigenvalue weighted by Crippen LogP contribution is 2.40. The maximum Gasteiger partial charge on any atom is 0.0904 e. The van der Waals surface area contributed by atoms with E-state index >= 15 is 0 Å². The summed E-state index contributed by atoms with van der Waals surface area (Å²) in [5.41, 5.74) is 3.06. The molecule has 148 valence electrons. The Balaban J connectivity index is 1.58. The molecule has 0 unspecified atom stereocenters. The summed E-state index contributed by atoms with van der Waals surface area (Å²) in [5, 5.41) is 1.47. The number of benzene rings is 2. The van der Waals surface area contributed by atoms with Crippen LogP contribution in [0.3, 0.4) is 0 Å². The number of hydrogen-bond donors (Lipinski definition) is 0. The van der Waals surface area contributed by atoms with Gasteiger partial charge in [-0.05, 0) is 51.9 Å². The van der Waals surface area contributed by atoms with Gasteiger partial charge in [-0.2, -0.15) is 0 Å². The lowest BCUT2D eigenvalue weighted by Crippen LogP contribution is -2.38. The van der Waals surface area contributed by atoms with E-state index in [1.807, 2.05) is 0 Å². The Morgan fingerprint density at radius 2 is 1.82 bits per heavy atom. The van der Waals surface area contributed by atoms with E-state index in [0.717, 1.165) is 12.5 Å². The van der Waals surface area contributed by atoms with Crippen LogP contribution < -0.4 is 4.50 Å². The van der Waals surface area contributed by atoms with Gasteiger partial charge in [0.25, 0.3) is 0 Å². The van der Waals surface area contributed by atoms with Crippen molar-refractivity contribution in [3.8, 4) is 0 Å². The van der Waals surface area contributed by atoms with Crippen molar-refractivity contribution < 1.29 is 0 Å². The SMILES string of the molecule is CC[C@H]1CN(Cc2ccccc2)CC[C@H]1c1cccc2cc([Si](C)(C)C)sc12. The summed E-state index contributed by atoms with van der Waals surface area (Å²) in [4.78, 5) is 2.67. The Bertz CT molecular complexity index is 925. The third-order valence-electron chi connectivity index (χ3n) is 6.30. The normalized spacial score (nSPS) is 21.3. The van der Waals surface area contributed by atoms with Crippen LogP contribution in [0.15, 0.2) is 54.6 Å². The first kappa shape index (κ1) is 19.9. The molecule has 0 saturated carbocycles. The summed E-state index contributed by atoms with van der Waals surface area (Å²) in [6.07, 6.45) is 2.54. The Kier molecular flexibility index (Phi) is 5.77. The molecular formula is C25H33NSSi. The molecule has 0 bridgehead atoms. The summed E-state index contributed by atoms with van der Waals surface area (Å²) in [6.45, 7) is 13.3. The first-order chi connectivity index (χ1) is 13.5. The lowest BCUT2D eigenvalue weighted by atomic mass is 9.78. The fourth-order valence-corrected chi connectivity index (χ4v) is 7.77. The molecule has 28 heavy (non-hydrogen) atoms. The molecule has 0 radical (unpaired) electrons. The number of likely N-dealkylation sites (tertiary alicyclic amines) is 1. The van der Waals surface area contributed by atoms with Crippen molar-refractivity contribution in [1.82, 2.24) is 4.90 Å². The van der Waals surface area contributed by atoms with E-state index < -0.39 is 8.07 Å². The monoisotopic (exact) mass is 407 g/mol. The van der Waals surface area contributed by atoms with Gasteiger partial charge in [0, 0.05) is 17.8 Å². The van der Waals surface area contributed by atoms with Crippen molar-refractivity contribution in [2.45, 2.75) is 51.9 Å². The standard InChI is InChI=1S/C25H33NSSi/c1-5-20-18-26(17-19-10-7-6-8-11-19)15-14-22(20)23-13-9-12-21-16-24(27-25(21)23)28(2,3)4/h6-13,16,20,22H,5,14-15,17-18H2,1-4H3/t20-,22+/m0/s1. The minimum atomic E-state index is -1.26. The smallest absolute Gasteiger partial charge is 0.0904 e. The molecule has 4 rings (SSSR count). The molecule has 1 saturated heterocycles. The predicted octanol–water partition coefficient (Wildman–Crippen LogP) is 6.46. The summed E-state index contributed by atoms with van der Waals surface area (Å²) in [6, 6.07) is 20.5. The average molecular weight is 408 g/mol. The summed E-state index contributed by atoms with van der Waals surface area (Å²) in [7, 11) is -1.26. The van der Waals surface area contributed by atoms with Crippen LogP contribution in [-0.2, 0) is 6.54 Å². The number of rotatable bonds is 5. The number of fused-ring (bicyclic) bond motifs is 1. The van der Waals surface area contributed by atoms with Crippen molar-refractivity contribution in [3.05, 3.63) is 65.7 Å². The zero-order valence-corrected chi connectivity index (χ0v) is 19.6. The van der Waals surface area contributed by atoms with E-state index in [4.69, 9.17) is 0 Å². The molecule has 1 aliphatic rings. The molecule has 0 N–H and O–H groups in total. The first-order valence-electron chi connectivity index (χ1n) is 10.7. The topological polar surface area (TPSA) is 3.24 Å². The van der Waals surface area contributed by atoms with Crippen LogP contribution in [0.4, 0.5) is 0 Å². The van der Waals surface area contributed by atoms with Crippen LogP contribution in [0.2, 0.25) is 19.6 Å². The second kappa shape index (κ2) is 8.14. The fraction of sp³-hybridized carbons (Fsp3) is 0.440. The molecule has 2 atom stereocenters. The van der Waals surface area contributed by atoms with Crippen molar-refractivity contribution >= 4 is 34.0 Å². The van der Waals surface area contributed by atoms with Gasteiger partial charge < -0.3 is 0 Å². The van der Waals surface area contributed by atoms with Gasteiger partial charge in [-0.3, -0.25) is 4.90 Å². The van der Waals surface area contributed by atoms with E-state index in [0.29, 0.717) is 5.92 Å². The Labute approximate surface area is 175 Å². The maximum atomic E-state index is 2.67. The lowest BCUT2D eigenvalue weighted by molar-refractivity contribution is 0.144. The van der Waals surface area contributed by atoms with Gasteiger partial charge in [-0.25, -0.2) is 0 Å². The molecule has 0 spiro atoms. The van der Waals surface area contributed by atoms with Gasteiger partial charge >= 0.3 is 0 Å². The summed E-state index contributed by atoms with van der Waals surface area (Å²) >= 11 is 2.09. The maximum absolute atomic E-state index is 2.67. The van der Waals surface area contributed by atoms with Crippen molar-refractivity contribution in [1.29, 1.82) is 0 Å². The molecule has 1 nitrogen and oxygen atoms in total. The average Bonchev–Trinajstić information content (AvgIpc) is 3.14. The van der Waals surface area contributed by atoms with Gasteiger partial charge in [0.1, 0.15) is 0 Å². The third kappa shape index (κ3) is 4.12. The zero-order valence-electron chi connectivity index (χ0n) is 17.7. The van der Waals surface area contributed by atoms with Crippen molar-refractivity contribution in [2.24, 2.45) is 5.92 Å². The lowest BCUT2D eigenvalue weighted by Gasteiger charge is -2.39. The number of thiophene rings is 1. The minimum Gasteiger partial charge on any atom is -0.299 e. The molecule has 1 aromatic heterocycles. The van der Waals surface area contributed by atoms with Crippen LogP contribution in [0.5, 0.6) is 0 Å². The molecular weight excluding hydrogens is 374 g/mol. The molecule has 2 aromatic carbocycles. The van der Waals surface area contributed by atoms with Gasteiger partial charge in [-0.15, -0.1) is 11.3 Å². The van der Waals surface area contributed by atoms with E-state index in [9.17, 15) is 0 Å². The predicted molar refractivity (Wildman–Crippen MR) is 128 cm³/mol. The van der Waals surface area contributed by atoms with Crippen molar-refractivity contribution in [3.63, 3.8) is 0 Å². The van der Waals surface area contributed by atoms with Gasteiger partial charge in [-0.1, -0.05) is 81.5 Å².